The molecular formula is C16H13BrN2O. The molecule has 0 aromatic heterocycles. The number of carbonyl (C=O) groups is 1. The molecule has 0 fully saturated rings. The Hall–Kier alpha value is -2.25. The molecule has 0 bridgehead atoms. The number of halogens is 1. The monoisotopic (exact) mass is 328 g/mol. The third-order valence-corrected chi connectivity index (χ3v) is 3.32. The molecular weight excluding hydrogens is 316 g/mol. The predicted octanol–water partition coefficient (Wildman–Crippen LogP) is 3.48. The summed E-state index contributed by atoms with van der Waals surface area (Å²) in [6.07, 6.45) is 5.33. The molecule has 20 heavy (non-hydrogen) atoms. The first-order chi connectivity index (χ1) is 9.69. The number of hydrogen-bond donors (Lipinski definition) is 2. The quantitative estimate of drug-likeness (QED) is 0.843. The van der Waals surface area contributed by atoms with Crippen molar-refractivity contribution in [3.63, 3.8) is 0 Å². The van der Waals surface area contributed by atoms with E-state index >= 15 is 0 Å². The van der Waals surface area contributed by atoms with Gasteiger partial charge in [0.1, 0.15) is 0 Å². The molecule has 0 radical (unpaired) electrons. The average Bonchev–Trinajstić information content (AvgIpc) is 2.48. The first-order valence-electron chi connectivity index (χ1n) is 6.04. The molecule has 2 rings (SSSR count). The summed E-state index contributed by atoms with van der Waals surface area (Å²) >= 11 is 3.38. The van der Waals surface area contributed by atoms with Crippen molar-refractivity contribution >= 4 is 33.2 Å². The maximum atomic E-state index is 11.9. The number of rotatable bonds is 4. The number of amides is 1. The molecule has 0 heterocycles. The van der Waals surface area contributed by atoms with Crippen LogP contribution in [0.2, 0.25) is 0 Å². The number of anilines is 2. The zero-order chi connectivity index (χ0) is 14.4. The summed E-state index contributed by atoms with van der Waals surface area (Å²) in [5.74, 6) is 2.43. The summed E-state index contributed by atoms with van der Waals surface area (Å²) in [6.45, 7) is 0.176. The van der Waals surface area contributed by atoms with E-state index in [0.29, 0.717) is 0 Å². The van der Waals surface area contributed by atoms with Crippen LogP contribution in [-0.2, 0) is 4.79 Å². The Labute approximate surface area is 126 Å². The fourth-order valence-electron chi connectivity index (χ4n) is 1.66. The first kappa shape index (κ1) is 14.2. The van der Waals surface area contributed by atoms with Crippen molar-refractivity contribution < 1.29 is 4.79 Å². The van der Waals surface area contributed by atoms with E-state index in [4.69, 9.17) is 6.42 Å². The van der Waals surface area contributed by atoms with Crippen LogP contribution in [0.3, 0.4) is 0 Å². The van der Waals surface area contributed by atoms with E-state index in [9.17, 15) is 4.79 Å². The van der Waals surface area contributed by atoms with E-state index in [1.807, 2.05) is 48.5 Å². The van der Waals surface area contributed by atoms with Crippen LogP contribution >= 0.6 is 15.9 Å². The van der Waals surface area contributed by atoms with Crippen LogP contribution in [0.25, 0.3) is 0 Å². The Morgan fingerprint density at radius 3 is 2.75 bits per heavy atom. The summed E-state index contributed by atoms with van der Waals surface area (Å²) in [7, 11) is 0. The van der Waals surface area contributed by atoms with Gasteiger partial charge in [-0.15, -0.1) is 6.42 Å². The van der Waals surface area contributed by atoms with Crippen molar-refractivity contribution in [3.8, 4) is 12.3 Å². The van der Waals surface area contributed by atoms with E-state index in [-0.39, 0.29) is 12.5 Å². The normalized spacial score (nSPS) is 9.60. The van der Waals surface area contributed by atoms with Crippen molar-refractivity contribution in [3.05, 3.63) is 58.6 Å². The highest BCUT2D eigenvalue weighted by Crippen LogP contribution is 2.21. The van der Waals surface area contributed by atoms with Crippen LogP contribution in [0.5, 0.6) is 0 Å². The first-order valence-corrected chi connectivity index (χ1v) is 6.83. The second-order valence-electron chi connectivity index (χ2n) is 4.11. The molecule has 100 valence electrons. The van der Waals surface area contributed by atoms with E-state index in [1.54, 1.807) is 0 Å². The third kappa shape index (κ3) is 3.87. The fourth-order valence-corrected chi connectivity index (χ4v) is 2.04. The van der Waals surface area contributed by atoms with Crippen LogP contribution < -0.4 is 10.6 Å². The second kappa shape index (κ2) is 6.78. The van der Waals surface area contributed by atoms with Gasteiger partial charge in [-0.1, -0.05) is 24.1 Å². The number of nitrogens with one attached hydrogen (secondary N) is 2. The van der Waals surface area contributed by atoms with Gasteiger partial charge in [-0.05, 0) is 46.3 Å². The summed E-state index contributed by atoms with van der Waals surface area (Å²) in [6, 6.07) is 14.8. The minimum Gasteiger partial charge on any atom is -0.376 e. The molecule has 0 aliphatic carbocycles. The summed E-state index contributed by atoms with van der Waals surface area (Å²) in [5, 5.41) is 5.86. The standard InChI is InChI=1S/C16H13BrN2O/c1-2-12-6-5-7-13(10-12)18-11-16(20)19-15-9-4-3-8-14(15)17/h1,3-10,18H,11H2,(H,19,20). The van der Waals surface area contributed by atoms with Gasteiger partial charge in [0.15, 0.2) is 0 Å². The van der Waals surface area contributed by atoms with Crippen LogP contribution in [-0.4, -0.2) is 12.5 Å². The molecule has 0 atom stereocenters. The molecule has 4 heteroatoms. The lowest BCUT2D eigenvalue weighted by Crippen LogP contribution is -2.21. The average molecular weight is 329 g/mol. The number of terminal acetylenes is 1. The van der Waals surface area contributed by atoms with E-state index in [1.165, 1.54) is 0 Å². The van der Waals surface area contributed by atoms with Crippen molar-refractivity contribution in [1.29, 1.82) is 0 Å². The molecule has 2 N–H and O–H groups in total. The number of hydrogen-bond acceptors (Lipinski definition) is 2. The lowest BCUT2D eigenvalue weighted by molar-refractivity contribution is -0.114. The van der Waals surface area contributed by atoms with E-state index < -0.39 is 0 Å². The van der Waals surface area contributed by atoms with Crippen LogP contribution in [0, 0.1) is 12.3 Å². The molecule has 0 saturated carbocycles. The second-order valence-corrected chi connectivity index (χ2v) is 4.96. The molecule has 2 aromatic carbocycles. The molecule has 0 saturated heterocycles. The lowest BCUT2D eigenvalue weighted by atomic mass is 10.2. The predicted molar refractivity (Wildman–Crippen MR) is 85.6 cm³/mol. The number of benzene rings is 2. The van der Waals surface area contributed by atoms with Crippen LogP contribution in [0.15, 0.2) is 53.0 Å². The van der Waals surface area contributed by atoms with E-state index in [0.717, 1.165) is 21.4 Å². The van der Waals surface area contributed by atoms with Gasteiger partial charge in [0.05, 0.1) is 12.2 Å². The van der Waals surface area contributed by atoms with Crippen LogP contribution in [0.4, 0.5) is 11.4 Å². The van der Waals surface area contributed by atoms with Gasteiger partial charge in [0, 0.05) is 15.7 Å². The minimum absolute atomic E-state index is 0.122. The Balaban J connectivity index is 1.93. The van der Waals surface area contributed by atoms with Crippen molar-refractivity contribution in [2.75, 3.05) is 17.2 Å². The summed E-state index contributed by atoms with van der Waals surface area (Å²) in [4.78, 5) is 11.9. The zero-order valence-corrected chi connectivity index (χ0v) is 12.3. The molecule has 0 aliphatic heterocycles. The zero-order valence-electron chi connectivity index (χ0n) is 10.7. The Morgan fingerprint density at radius 2 is 2.00 bits per heavy atom. The van der Waals surface area contributed by atoms with E-state index in [2.05, 4.69) is 32.5 Å². The van der Waals surface area contributed by atoms with Crippen molar-refractivity contribution in [2.45, 2.75) is 0 Å². The highest BCUT2D eigenvalue weighted by molar-refractivity contribution is 9.10. The molecule has 2 aromatic rings. The van der Waals surface area contributed by atoms with Gasteiger partial charge in [-0.3, -0.25) is 4.79 Å². The Bertz CT molecular complexity index is 662. The molecule has 0 aliphatic rings. The maximum Gasteiger partial charge on any atom is 0.243 e. The number of para-hydroxylation sites is 1. The fraction of sp³-hybridized carbons (Fsp3) is 0.0625. The molecule has 0 spiro atoms. The third-order valence-electron chi connectivity index (χ3n) is 2.63. The Kier molecular flexibility index (Phi) is 4.80. The van der Waals surface area contributed by atoms with Gasteiger partial charge in [0.25, 0.3) is 0 Å². The van der Waals surface area contributed by atoms with Crippen LogP contribution in [0.1, 0.15) is 5.56 Å². The topological polar surface area (TPSA) is 41.1 Å². The maximum absolute atomic E-state index is 11.9. The molecule has 1 amide bonds. The Morgan fingerprint density at radius 1 is 1.20 bits per heavy atom. The highest BCUT2D eigenvalue weighted by atomic mass is 79.9. The summed E-state index contributed by atoms with van der Waals surface area (Å²) in [5.41, 5.74) is 2.35. The number of carbonyl (C=O) groups excluding carboxylic acids is 1. The summed E-state index contributed by atoms with van der Waals surface area (Å²) < 4.78 is 0.850. The smallest absolute Gasteiger partial charge is 0.243 e. The minimum atomic E-state index is -0.122. The molecule has 3 nitrogen and oxygen atoms in total. The lowest BCUT2D eigenvalue weighted by Gasteiger charge is -2.09. The SMILES string of the molecule is C#Cc1cccc(NCC(=O)Nc2ccccc2Br)c1. The van der Waals surface area contributed by atoms with Crippen molar-refractivity contribution in [2.24, 2.45) is 0 Å². The largest absolute Gasteiger partial charge is 0.376 e. The van der Waals surface area contributed by atoms with Gasteiger partial charge < -0.3 is 10.6 Å². The van der Waals surface area contributed by atoms with Gasteiger partial charge in [0.2, 0.25) is 5.91 Å². The molecule has 0 unspecified atom stereocenters. The van der Waals surface area contributed by atoms with Gasteiger partial charge in [-0.25, -0.2) is 0 Å². The highest BCUT2D eigenvalue weighted by Gasteiger charge is 2.04. The van der Waals surface area contributed by atoms with Crippen molar-refractivity contribution in [1.82, 2.24) is 0 Å². The van der Waals surface area contributed by atoms with Gasteiger partial charge in [-0.2, -0.15) is 0 Å². The van der Waals surface area contributed by atoms with Gasteiger partial charge >= 0.3 is 0 Å².